The summed E-state index contributed by atoms with van der Waals surface area (Å²) in [6, 6.07) is 3.85. The van der Waals surface area contributed by atoms with Crippen molar-refractivity contribution in [3.63, 3.8) is 0 Å². The molecule has 1 aromatic heterocycles. The fraction of sp³-hybridized carbons (Fsp3) is 0.438. The van der Waals surface area contributed by atoms with Gasteiger partial charge in [-0.1, -0.05) is 0 Å². The maximum absolute atomic E-state index is 6.11. The highest BCUT2D eigenvalue weighted by Gasteiger charge is 2.31. The summed E-state index contributed by atoms with van der Waals surface area (Å²) in [4.78, 5) is 0. The van der Waals surface area contributed by atoms with Crippen molar-refractivity contribution in [3.8, 4) is 11.5 Å². The van der Waals surface area contributed by atoms with Crippen LogP contribution in [0.1, 0.15) is 38.0 Å². The minimum atomic E-state index is -0.178. The first-order chi connectivity index (χ1) is 9.84. The van der Waals surface area contributed by atoms with Crippen LogP contribution >= 0.6 is 0 Å². The van der Waals surface area contributed by atoms with Crippen LogP contribution in [0.15, 0.2) is 24.5 Å². The van der Waals surface area contributed by atoms with Gasteiger partial charge in [0.05, 0.1) is 11.9 Å². The van der Waals surface area contributed by atoms with Gasteiger partial charge in [0.25, 0.3) is 0 Å². The Balaban J connectivity index is 1.84. The van der Waals surface area contributed by atoms with E-state index in [1.165, 1.54) is 0 Å². The lowest BCUT2D eigenvalue weighted by atomic mass is 10.0. The monoisotopic (exact) mass is 287 g/mol. The van der Waals surface area contributed by atoms with E-state index in [1.54, 1.807) is 10.9 Å². The van der Waals surface area contributed by atoms with Crippen molar-refractivity contribution >= 4 is 5.69 Å². The van der Waals surface area contributed by atoms with Gasteiger partial charge in [0.2, 0.25) is 0 Å². The molecule has 0 radical (unpaired) electrons. The van der Waals surface area contributed by atoms with Gasteiger partial charge in [-0.3, -0.25) is 4.68 Å². The molecule has 0 fully saturated rings. The quantitative estimate of drug-likeness (QED) is 0.882. The van der Waals surface area contributed by atoms with E-state index in [9.17, 15) is 0 Å². The van der Waals surface area contributed by atoms with Gasteiger partial charge in [-0.25, -0.2) is 0 Å². The number of benzene rings is 1. The summed E-state index contributed by atoms with van der Waals surface area (Å²) in [5.41, 5.74) is 8.73. The van der Waals surface area contributed by atoms with Crippen molar-refractivity contribution in [1.82, 2.24) is 9.78 Å². The highest BCUT2D eigenvalue weighted by Crippen LogP contribution is 2.41. The van der Waals surface area contributed by atoms with Crippen molar-refractivity contribution in [3.05, 3.63) is 35.7 Å². The van der Waals surface area contributed by atoms with Crippen molar-refractivity contribution in [1.29, 1.82) is 0 Å². The maximum Gasteiger partial charge on any atom is 0.146 e. The summed E-state index contributed by atoms with van der Waals surface area (Å²) in [7, 11) is 1.88. The molecule has 2 N–H and O–H groups in total. The minimum absolute atomic E-state index is 0.117. The van der Waals surface area contributed by atoms with Crippen LogP contribution in [0.4, 0.5) is 5.69 Å². The molecule has 0 saturated heterocycles. The molecule has 0 aliphatic carbocycles. The molecule has 0 bridgehead atoms. The second kappa shape index (κ2) is 4.69. The number of rotatable bonds is 3. The van der Waals surface area contributed by atoms with Crippen molar-refractivity contribution < 1.29 is 9.47 Å². The van der Waals surface area contributed by atoms with E-state index in [4.69, 9.17) is 15.2 Å². The number of ether oxygens (including phenoxy) is 2. The predicted octanol–water partition coefficient (Wildman–Crippen LogP) is 2.86. The second-order valence-corrected chi connectivity index (χ2v) is 6.24. The predicted molar refractivity (Wildman–Crippen MR) is 81.5 cm³/mol. The first kappa shape index (κ1) is 13.8. The van der Waals surface area contributed by atoms with E-state index in [0.29, 0.717) is 11.4 Å². The summed E-state index contributed by atoms with van der Waals surface area (Å²) >= 11 is 0. The zero-order chi connectivity index (χ0) is 15.2. The van der Waals surface area contributed by atoms with Crippen LogP contribution in [0.5, 0.6) is 11.5 Å². The normalized spacial score (nSPS) is 17.1. The zero-order valence-corrected chi connectivity index (χ0v) is 12.9. The van der Waals surface area contributed by atoms with Crippen LogP contribution in [-0.2, 0) is 13.5 Å². The molecule has 1 aliphatic rings. The van der Waals surface area contributed by atoms with Gasteiger partial charge in [0.15, 0.2) is 0 Å². The molecule has 112 valence electrons. The van der Waals surface area contributed by atoms with E-state index < -0.39 is 0 Å². The smallest absolute Gasteiger partial charge is 0.146 e. The fourth-order valence-corrected chi connectivity index (χ4v) is 2.66. The summed E-state index contributed by atoms with van der Waals surface area (Å²) in [5.74, 6) is 1.52. The number of nitrogens with two attached hydrogens (primary N) is 1. The van der Waals surface area contributed by atoms with Crippen LogP contribution in [0, 0.1) is 0 Å². The lowest BCUT2D eigenvalue weighted by Gasteiger charge is -2.18. The van der Waals surface area contributed by atoms with Crippen LogP contribution < -0.4 is 15.2 Å². The Labute approximate surface area is 124 Å². The Kier molecular flexibility index (Phi) is 3.08. The SMILES string of the molecule is CC(Oc1cc2c(cc1N)CC(C)(C)O2)c1cnn(C)c1. The van der Waals surface area contributed by atoms with Gasteiger partial charge >= 0.3 is 0 Å². The lowest BCUT2D eigenvalue weighted by molar-refractivity contribution is 0.137. The number of nitrogen functional groups attached to an aromatic ring is 1. The van der Waals surface area contributed by atoms with E-state index in [1.807, 2.05) is 32.3 Å². The Morgan fingerprint density at radius 1 is 1.43 bits per heavy atom. The number of hydrogen-bond donors (Lipinski definition) is 1. The van der Waals surface area contributed by atoms with Gasteiger partial charge in [-0.05, 0) is 26.8 Å². The molecule has 3 rings (SSSR count). The highest BCUT2D eigenvalue weighted by molar-refractivity contribution is 5.60. The topological polar surface area (TPSA) is 62.3 Å². The fourth-order valence-electron chi connectivity index (χ4n) is 2.66. The average Bonchev–Trinajstić information content (AvgIpc) is 2.92. The van der Waals surface area contributed by atoms with Gasteiger partial charge in [-0.2, -0.15) is 5.10 Å². The van der Waals surface area contributed by atoms with Crippen molar-refractivity contribution in [2.24, 2.45) is 7.05 Å². The summed E-state index contributed by atoms with van der Waals surface area (Å²) in [6.07, 6.45) is 4.49. The number of aryl methyl sites for hydroxylation is 1. The number of fused-ring (bicyclic) bond motifs is 1. The average molecular weight is 287 g/mol. The molecule has 2 aromatic rings. The van der Waals surface area contributed by atoms with E-state index in [-0.39, 0.29) is 11.7 Å². The molecule has 21 heavy (non-hydrogen) atoms. The molecule has 0 spiro atoms. The third kappa shape index (κ3) is 2.68. The largest absolute Gasteiger partial charge is 0.487 e. The molecule has 0 saturated carbocycles. The van der Waals surface area contributed by atoms with Crippen molar-refractivity contribution in [2.45, 2.75) is 38.9 Å². The number of hydrogen-bond acceptors (Lipinski definition) is 4. The Morgan fingerprint density at radius 3 is 2.86 bits per heavy atom. The Hall–Kier alpha value is -2.17. The Bertz CT molecular complexity index is 676. The third-order valence-corrected chi connectivity index (χ3v) is 3.69. The van der Waals surface area contributed by atoms with Crippen LogP contribution in [0.25, 0.3) is 0 Å². The second-order valence-electron chi connectivity index (χ2n) is 6.24. The molecule has 1 aliphatic heterocycles. The summed E-state index contributed by atoms with van der Waals surface area (Å²) in [5, 5.41) is 4.16. The molecule has 1 aromatic carbocycles. The molecule has 1 atom stereocenters. The standard InChI is InChI=1S/C16H21N3O2/c1-10(12-8-18-19(4)9-12)20-15-6-14-11(5-13(15)17)7-16(2,3)21-14/h5-6,8-10H,7,17H2,1-4H3. The molecule has 0 amide bonds. The van der Waals surface area contributed by atoms with Gasteiger partial charge in [0, 0.05) is 36.9 Å². The van der Waals surface area contributed by atoms with E-state index in [2.05, 4.69) is 18.9 Å². The summed E-state index contributed by atoms with van der Waals surface area (Å²) < 4.78 is 13.7. The first-order valence-corrected chi connectivity index (χ1v) is 7.11. The molecule has 5 nitrogen and oxygen atoms in total. The zero-order valence-electron chi connectivity index (χ0n) is 12.9. The van der Waals surface area contributed by atoms with Crippen LogP contribution in [0.2, 0.25) is 0 Å². The minimum Gasteiger partial charge on any atom is -0.487 e. The maximum atomic E-state index is 6.11. The molecular weight excluding hydrogens is 266 g/mol. The van der Waals surface area contributed by atoms with Crippen LogP contribution in [-0.4, -0.2) is 15.4 Å². The molecular formula is C16H21N3O2. The van der Waals surface area contributed by atoms with Crippen LogP contribution in [0.3, 0.4) is 0 Å². The number of anilines is 1. The molecule has 2 heterocycles. The van der Waals surface area contributed by atoms with Gasteiger partial charge in [-0.15, -0.1) is 0 Å². The Morgan fingerprint density at radius 2 is 2.19 bits per heavy atom. The molecule has 5 heteroatoms. The van der Waals surface area contributed by atoms with Crippen molar-refractivity contribution in [2.75, 3.05) is 5.73 Å². The first-order valence-electron chi connectivity index (χ1n) is 7.11. The van der Waals surface area contributed by atoms with E-state index >= 15 is 0 Å². The summed E-state index contributed by atoms with van der Waals surface area (Å²) in [6.45, 7) is 6.12. The molecule has 1 unspecified atom stereocenters. The number of nitrogens with zero attached hydrogens (tertiary/aromatic N) is 2. The lowest BCUT2D eigenvalue weighted by Crippen LogP contribution is -2.24. The van der Waals surface area contributed by atoms with Gasteiger partial charge in [0.1, 0.15) is 23.2 Å². The number of aromatic nitrogens is 2. The van der Waals surface area contributed by atoms with E-state index in [0.717, 1.165) is 23.3 Å². The highest BCUT2D eigenvalue weighted by atomic mass is 16.5. The van der Waals surface area contributed by atoms with Gasteiger partial charge < -0.3 is 15.2 Å². The third-order valence-electron chi connectivity index (χ3n) is 3.69.